The summed E-state index contributed by atoms with van der Waals surface area (Å²) in [4.78, 5) is 29.7. The highest BCUT2D eigenvalue weighted by molar-refractivity contribution is 14.1. The molecular formula is C25H26IN3O4. The average Bonchev–Trinajstić information content (AvgIpc) is 2.83. The molecule has 1 aliphatic rings. The third kappa shape index (κ3) is 5.61. The third-order valence-corrected chi connectivity index (χ3v) is 6.52. The molecular weight excluding hydrogens is 533 g/mol. The average molecular weight is 559 g/mol. The fraction of sp³-hybridized carbons (Fsp3) is 0.360. The van der Waals surface area contributed by atoms with Crippen molar-refractivity contribution in [1.29, 1.82) is 0 Å². The monoisotopic (exact) mass is 559 g/mol. The molecule has 0 aliphatic heterocycles. The summed E-state index contributed by atoms with van der Waals surface area (Å²) in [6, 6.07) is 12.9. The fourth-order valence-corrected chi connectivity index (χ4v) is 4.75. The van der Waals surface area contributed by atoms with E-state index in [2.05, 4.69) is 27.7 Å². The molecule has 3 aromatic rings. The molecule has 1 aliphatic carbocycles. The Kier molecular flexibility index (Phi) is 7.74. The predicted octanol–water partition coefficient (Wildman–Crippen LogP) is 4.87. The van der Waals surface area contributed by atoms with E-state index in [1.165, 1.54) is 11.1 Å². The smallest absolute Gasteiger partial charge is 0.344 e. The number of rotatable bonds is 7. The second-order valence-corrected chi connectivity index (χ2v) is 9.13. The van der Waals surface area contributed by atoms with Crippen molar-refractivity contribution < 1.29 is 14.3 Å². The van der Waals surface area contributed by atoms with Crippen molar-refractivity contribution in [2.45, 2.75) is 44.9 Å². The number of esters is 1. The third-order valence-electron chi connectivity index (χ3n) is 5.68. The van der Waals surface area contributed by atoms with Crippen LogP contribution in [0.5, 0.6) is 5.75 Å². The lowest BCUT2D eigenvalue weighted by molar-refractivity contribution is -0.145. The van der Waals surface area contributed by atoms with Gasteiger partial charge in [0.2, 0.25) is 0 Å². The molecule has 33 heavy (non-hydrogen) atoms. The van der Waals surface area contributed by atoms with Crippen molar-refractivity contribution in [3.63, 3.8) is 0 Å². The van der Waals surface area contributed by atoms with Crippen LogP contribution in [0.3, 0.4) is 0 Å². The minimum atomic E-state index is -0.405. The van der Waals surface area contributed by atoms with E-state index in [1.807, 2.05) is 30.3 Å². The molecule has 0 spiro atoms. The maximum atomic E-state index is 13.3. The Morgan fingerprint density at radius 2 is 2.00 bits per heavy atom. The lowest BCUT2D eigenvalue weighted by Gasteiger charge is -2.22. The Morgan fingerprint density at radius 1 is 1.21 bits per heavy atom. The van der Waals surface area contributed by atoms with Gasteiger partial charge in [-0.05, 0) is 78.3 Å². The maximum Gasteiger partial charge on any atom is 0.344 e. The molecule has 0 atom stereocenters. The van der Waals surface area contributed by atoms with Gasteiger partial charge in [-0.1, -0.05) is 31.4 Å². The van der Waals surface area contributed by atoms with E-state index in [0.717, 1.165) is 40.6 Å². The number of aromatic nitrogens is 2. The molecule has 172 valence electrons. The summed E-state index contributed by atoms with van der Waals surface area (Å²) in [6.45, 7) is 1.94. The first kappa shape index (κ1) is 23.4. The molecule has 1 saturated carbocycles. The SMILES string of the molecule is CCOC(=O)COc1ccc(C=Nn2c(C3CCCCC3)nc3ccccc3c2=O)cc1I. The van der Waals surface area contributed by atoms with Crippen LogP contribution in [0.2, 0.25) is 0 Å². The topological polar surface area (TPSA) is 82.8 Å². The van der Waals surface area contributed by atoms with E-state index in [0.29, 0.717) is 23.3 Å². The maximum absolute atomic E-state index is 13.3. The minimum Gasteiger partial charge on any atom is -0.481 e. The van der Waals surface area contributed by atoms with E-state index in [4.69, 9.17) is 14.5 Å². The largest absolute Gasteiger partial charge is 0.481 e. The molecule has 8 heteroatoms. The van der Waals surface area contributed by atoms with E-state index < -0.39 is 5.97 Å². The zero-order valence-electron chi connectivity index (χ0n) is 18.5. The lowest BCUT2D eigenvalue weighted by atomic mass is 9.88. The van der Waals surface area contributed by atoms with Crippen LogP contribution < -0.4 is 10.3 Å². The number of hydrogen-bond acceptors (Lipinski definition) is 6. The van der Waals surface area contributed by atoms with Crippen molar-refractivity contribution in [1.82, 2.24) is 9.66 Å². The number of nitrogens with zero attached hydrogens (tertiary/aromatic N) is 3. The van der Waals surface area contributed by atoms with Gasteiger partial charge in [-0.25, -0.2) is 9.78 Å². The minimum absolute atomic E-state index is 0.139. The molecule has 1 fully saturated rings. The molecule has 0 saturated heterocycles. The van der Waals surface area contributed by atoms with Crippen molar-refractivity contribution in [3.8, 4) is 5.75 Å². The van der Waals surface area contributed by atoms with Crippen molar-refractivity contribution in [2.75, 3.05) is 13.2 Å². The van der Waals surface area contributed by atoms with E-state index in [1.54, 1.807) is 25.3 Å². The van der Waals surface area contributed by atoms with Crippen molar-refractivity contribution in [2.24, 2.45) is 5.10 Å². The van der Waals surface area contributed by atoms with E-state index in [-0.39, 0.29) is 18.1 Å². The van der Waals surface area contributed by atoms with Crippen LogP contribution in [0.4, 0.5) is 0 Å². The molecule has 0 bridgehead atoms. The van der Waals surface area contributed by atoms with Gasteiger partial charge in [-0.2, -0.15) is 9.78 Å². The van der Waals surface area contributed by atoms with Gasteiger partial charge in [-0.15, -0.1) is 0 Å². The number of carbonyl (C=O) groups is 1. The fourth-order valence-electron chi connectivity index (χ4n) is 4.06. The first-order valence-corrected chi connectivity index (χ1v) is 12.3. The molecule has 2 aromatic carbocycles. The molecule has 1 heterocycles. The Bertz CT molecular complexity index is 1230. The number of ether oxygens (including phenoxy) is 2. The van der Waals surface area contributed by atoms with Gasteiger partial charge in [0, 0.05) is 5.92 Å². The highest BCUT2D eigenvalue weighted by Crippen LogP contribution is 2.31. The summed E-state index contributed by atoms with van der Waals surface area (Å²) < 4.78 is 12.7. The van der Waals surface area contributed by atoms with Crippen molar-refractivity contribution >= 4 is 45.7 Å². The number of fused-ring (bicyclic) bond motifs is 1. The number of halogens is 1. The quantitative estimate of drug-likeness (QED) is 0.234. The summed E-state index contributed by atoms with van der Waals surface area (Å²) in [5.41, 5.74) is 1.38. The first-order valence-electron chi connectivity index (χ1n) is 11.2. The molecule has 1 aromatic heterocycles. The van der Waals surface area contributed by atoms with Gasteiger partial charge in [0.1, 0.15) is 11.6 Å². The van der Waals surface area contributed by atoms with E-state index >= 15 is 0 Å². The van der Waals surface area contributed by atoms with E-state index in [9.17, 15) is 9.59 Å². The summed E-state index contributed by atoms with van der Waals surface area (Å²) in [7, 11) is 0. The molecule has 0 amide bonds. The standard InChI is InChI=1S/C25H26IN3O4/c1-2-32-23(30)16-33-22-13-12-17(14-20(22)26)15-27-29-24(18-8-4-3-5-9-18)28-21-11-7-6-10-19(21)25(29)31/h6-7,10-15,18H,2-5,8-9,16H2,1H3. The van der Waals surface area contributed by atoms with Crippen LogP contribution in [-0.2, 0) is 9.53 Å². The summed E-state index contributed by atoms with van der Waals surface area (Å²) in [5.74, 6) is 1.15. The van der Waals surface area contributed by atoms with Crippen LogP contribution in [-0.4, -0.2) is 35.1 Å². The molecule has 7 nitrogen and oxygen atoms in total. The Morgan fingerprint density at radius 3 is 2.76 bits per heavy atom. The van der Waals surface area contributed by atoms with Gasteiger partial charge < -0.3 is 9.47 Å². The normalized spacial score (nSPS) is 14.6. The zero-order chi connectivity index (χ0) is 23.2. The summed E-state index contributed by atoms with van der Waals surface area (Å²) in [5, 5.41) is 5.13. The number of benzene rings is 2. The zero-order valence-corrected chi connectivity index (χ0v) is 20.7. The summed E-state index contributed by atoms with van der Waals surface area (Å²) in [6.07, 6.45) is 7.21. The Hall–Kier alpha value is -2.75. The van der Waals surface area contributed by atoms with Gasteiger partial charge >= 0.3 is 5.97 Å². The van der Waals surface area contributed by atoms with Crippen LogP contribution in [0, 0.1) is 3.57 Å². The number of hydrogen-bond donors (Lipinski definition) is 0. The van der Waals surface area contributed by atoms with Gasteiger partial charge in [0.05, 0.1) is 27.3 Å². The number of para-hydroxylation sites is 1. The second kappa shape index (κ2) is 10.9. The Labute approximate surface area is 206 Å². The summed E-state index contributed by atoms with van der Waals surface area (Å²) >= 11 is 2.15. The van der Waals surface area contributed by atoms with Crippen molar-refractivity contribution in [3.05, 3.63) is 67.8 Å². The highest BCUT2D eigenvalue weighted by atomic mass is 127. The van der Waals surface area contributed by atoms with Crippen LogP contribution in [0.25, 0.3) is 10.9 Å². The van der Waals surface area contributed by atoms with Gasteiger partial charge in [0.15, 0.2) is 6.61 Å². The van der Waals surface area contributed by atoms with Crippen LogP contribution >= 0.6 is 22.6 Å². The van der Waals surface area contributed by atoms with Gasteiger partial charge in [-0.3, -0.25) is 4.79 Å². The van der Waals surface area contributed by atoms with Crippen LogP contribution in [0.15, 0.2) is 52.4 Å². The molecule has 0 radical (unpaired) electrons. The second-order valence-electron chi connectivity index (χ2n) is 7.97. The lowest BCUT2D eigenvalue weighted by Crippen LogP contribution is -2.25. The molecule has 0 unspecified atom stereocenters. The Balaban J connectivity index is 1.63. The first-order chi connectivity index (χ1) is 16.1. The van der Waals surface area contributed by atoms with Crippen LogP contribution in [0.1, 0.15) is 56.3 Å². The highest BCUT2D eigenvalue weighted by Gasteiger charge is 2.22. The molecule has 4 rings (SSSR count). The predicted molar refractivity (Wildman–Crippen MR) is 136 cm³/mol. The number of carbonyl (C=O) groups excluding carboxylic acids is 1. The van der Waals surface area contributed by atoms with Gasteiger partial charge in [0.25, 0.3) is 5.56 Å². The molecule has 0 N–H and O–H groups in total.